The highest BCUT2D eigenvalue weighted by Crippen LogP contribution is 2.51. The van der Waals surface area contributed by atoms with Gasteiger partial charge < -0.3 is 9.47 Å². The fraction of sp³-hybridized carbons (Fsp3) is 0.909. The molecule has 0 amide bonds. The second-order valence-corrected chi connectivity index (χ2v) is 4.63. The van der Waals surface area contributed by atoms with Crippen molar-refractivity contribution >= 4 is 5.97 Å². The van der Waals surface area contributed by atoms with Crippen molar-refractivity contribution in [3.8, 4) is 0 Å². The average Bonchev–Trinajstić information content (AvgIpc) is 2.43. The van der Waals surface area contributed by atoms with Crippen LogP contribution in [0.3, 0.4) is 0 Å². The summed E-state index contributed by atoms with van der Waals surface area (Å²) in [5, 5.41) is 0. The van der Waals surface area contributed by atoms with E-state index in [0.717, 1.165) is 13.8 Å². The number of hydrogen-bond donors (Lipinski definition) is 0. The standard InChI is InChI=1S/C11H12F10O4/c1-4-5(2)24-10(18,19)8(14,15)11(20,21)25-9(16,17)7(12,13)6(22)23-3/h5H,4H2,1-3H3. The van der Waals surface area contributed by atoms with E-state index >= 15 is 0 Å². The lowest BCUT2D eigenvalue weighted by atomic mass is 10.2. The molecule has 1 atom stereocenters. The highest BCUT2D eigenvalue weighted by Gasteiger charge is 2.79. The molecule has 0 fully saturated rings. The molecule has 0 aliphatic heterocycles. The van der Waals surface area contributed by atoms with Crippen molar-refractivity contribution in [2.45, 2.75) is 56.5 Å². The van der Waals surface area contributed by atoms with Crippen LogP contribution in [0.4, 0.5) is 43.9 Å². The van der Waals surface area contributed by atoms with E-state index < -0.39 is 42.2 Å². The zero-order valence-corrected chi connectivity index (χ0v) is 12.7. The van der Waals surface area contributed by atoms with Gasteiger partial charge in [-0.1, -0.05) is 6.92 Å². The van der Waals surface area contributed by atoms with E-state index in [4.69, 9.17) is 0 Å². The van der Waals surface area contributed by atoms with Crippen molar-refractivity contribution in [2.75, 3.05) is 7.11 Å². The number of carbonyl (C=O) groups excluding carboxylic acids is 1. The molecule has 0 radical (unpaired) electrons. The van der Waals surface area contributed by atoms with Crippen molar-refractivity contribution in [1.29, 1.82) is 0 Å². The lowest BCUT2D eigenvalue weighted by Crippen LogP contribution is -2.62. The maximum Gasteiger partial charge on any atom is 0.435 e. The first-order valence-corrected chi connectivity index (χ1v) is 6.25. The summed E-state index contributed by atoms with van der Waals surface area (Å²) >= 11 is 0. The Morgan fingerprint density at radius 1 is 0.880 bits per heavy atom. The van der Waals surface area contributed by atoms with Crippen LogP contribution in [0, 0.1) is 0 Å². The number of ether oxygens (including phenoxy) is 3. The average molecular weight is 398 g/mol. The summed E-state index contributed by atoms with van der Waals surface area (Å²) in [6.45, 7) is 1.90. The summed E-state index contributed by atoms with van der Waals surface area (Å²) in [4.78, 5) is 10.5. The van der Waals surface area contributed by atoms with Gasteiger partial charge in [-0.2, -0.15) is 43.9 Å². The summed E-state index contributed by atoms with van der Waals surface area (Å²) in [6.07, 6.45) is -21.6. The van der Waals surface area contributed by atoms with Gasteiger partial charge in [0.2, 0.25) is 0 Å². The molecule has 150 valence electrons. The molecule has 0 rings (SSSR count). The molecule has 0 aliphatic carbocycles. The normalized spacial score (nSPS) is 15.9. The molecule has 0 saturated heterocycles. The van der Waals surface area contributed by atoms with Gasteiger partial charge >= 0.3 is 36.1 Å². The molecular weight excluding hydrogens is 386 g/mol. The Balaban J connectivity index is 5.71. The van der Waals surface area contributed by atoms with Crippen LogP contribution in [0.5, 0.6) is 0 Å². The Bertz CT molecular complexity index is 479. The van der Waals surface area contributed by atoms with Gasteiger partial charge in [0.25, 0.3) is 0 Å². The lowest BCUT2D eigenvalue weighted by Gasteiger charge is -2.35. The number of carbonyl (C=O) groups is 1. The van der Waals surface area contributed by atoms with Gasteiger partial charge in [0.15, 0.2) is 0 Å². The monoisotopic (exact) mass is 398 g/mol. The van der Waals surface area contributed by atoms with Gasteiger partial charge in [0, 0.05) is 0 Å². The smallest absolute Gasteiger partial charge is 0.435 e. The van der Waals surface area contributed by atoms with Crippen LogP contribution in [-0.2, 0) is 19.0 Å². The van der Waals surface area contributed by atoms with Gasteiger partial charge in [-0.3, -0.25) is 0 Å². The minimum absolute atomic E-state index is 0.146. The van der Waals surface area contributed by atoms with Gasteiger partial charge in [0.05, 0.1) is 13.2 Å². The van der Waals surface area contributed by atoms with Crippen molar-refractivity contribution in [3.63, 3.8) is 0 Å². The van der Waals surface area contributed by atoms with Crippen LogP contribution in [0.25, 0.3) is 0 Å². The summed E-state index contributed by atoms with van der Waals surface area (Å²) in [6, 6.07) is 0. The van der Waals surface area contributed by atoms with E-state index in [-0.39, 0.29) is 13.5 Å². The summed E-state index contributed by atoms with van der Waals surface area (Å²) in [5.41, 5.74) is 0. The van der Waals surface area contributed by atoms with E-state index in [2.05, 4.69) is 9.47 Å². The van der Waals surface area contributed by atoms with Crippen molar-refractivity contribution in [2.24, 2.45) is 0 Å². The van der Waals surface area contributed by atoms with Crippen molar-refractivity contribution in [3.05, 3.63) is 0 Å². The lowest BCUT2D eigenvalue weighted by molar-refractivity contribution is -0.505. The minimum atomic E-state index is -6.86. The zero-order chi connectivity index (χ0) is 20.5. The van der Waals surface area contributed by atoms with Gasteiger partial charge in [-0.05, 0) is 13.3 Å². The third kappa shape index (κ3) is 4.46. The Kier molecular flexibility index (Phi) is 6.76. The van der Waals surface area contributed by atoms with Crippen molar-refractivity contribution < 1.29 is 62.9 Å². The molecule has 0 bridgehead atoms. The van der Waals surface area contributed by atoms with Gasteiger partial charge in [-0.25, -0.2) is 9.53 Å². The number of halogens is 10. The second-order valence-electron chi connectivity index (χ2n) is 4.63. The first-order chi connectivity index (χ1) is 10.9. The van der Waals surface area contributed by atoms with E-state index in [9.17, 15) is 48.7 Å². The first-order valence-electron chi connectivity index (χ1n) is 6.25. The summed E-state index contributed by atoms with van der Waals surface area (Å²) in [5.74, 6) is -16.1. The third-order valence-corrected chi connectivity index (χ3v) is 2.72. The molecule has 25 heavy (non-hydrogen) atoms. The molecule has 0 N–H and O–H groups in total. The summed E-state index contributed by atoms with van der Waals surface area (Å²) < 4.78 is 139. The fourth-order valence-corrected chi connectivity index (χ4v) is 1.12. The highest BCUT2D eigenvalue weighted by atomic mass is 19.4. The number of rotatable bonds is 9. The molecule has 0 saturated carbocycles. The van der Waals surface area contributed by atoms with E-state index in [1.165, 1.54) is 0 Å². The molecule has 0 aromatic carbocycles. The second kappa shape index (κ2) is 7.13. The molecule has 1 unspecified atom stereocenters. The predicted molar refractivity (Wildman–Crippen MR) is 58.7 cm³/mol. The zero-order valence-electron chi connectivity index (χ0n) is 12.7. The van der Waals surface area contributed by atoms with Gasteiger partial charge in [0.1, 0.15) is 0 Å². The van der Waals surface area contributed by atoms with E-state index in [1.54, 1.807) is 0 Å². The number of methoxy groups -OCH3 is 1. The molecular formula is C11H12F10O4. The topological polar surface area (TPSA) is 44.8 Å². The number of esters is 1. The van der Waals surface area contributed by atoms with E-state index in [0.29, 0.717) is 0 Å². The van der Waals surface area contributed by atoms with Crippen LogP contribution in [0.2, 0.25) is 0 Å². The largest absolute Gasteiger partial charge is 0.464 e. The molecule has 14 heteroatoms. The first kappa shape index (κ1) is 23.7. The molecule has 0 aromatic heterocycles. The fourth-order valence-electron chi connectivity index (χ4n) is 1.12. The molecule has 4 nitrogen and oxygen atoms in total. The molecule has 0 spiro atoms. The van der Waals surface area contributed by atoms with Crippen LogP contribution >= 0.6 is 0 Å². The SMILES string of the molecule is CCC(C)OC(F)(F)C(F)(F)C(F)(F)OC(F)(F)C(F)(F)C(=O)OC. The molecule has 0 heterocycles. The minimum Gasteiger partial charge on any atom is -0.464 e. The van der Waals surface area contributed by atoms with Crippen molar-refractivity contribution in [1.82, 2.24) is 0 Å². The molecule has 0 aromatic rings. The molecule has 0 aliphatic rings. The van der Waals surface area contributed by atoms with E-state index in [1.807, 2.05) is 4.74 Å². The van der Waals surface area contributed by atoms with Crippen LogP contribution in [-0.4, -0.2) is 49.4 Å². The third-order valence-electron chi connectivity index (χ3n) is 2.72. The quantitative estimate of drug-likeness (QED) is 0.435. The Labute approximate surface area is 134 Å². The van der Waals surface area contributed by atoms with Crippen LogP contribution in [0.1, 0.15) is 20.3 Å². The predicted octanol–water partition coefficient (Wildman–Crippen LogP) is 4.04. The Morgan fingerprint density at radius 3 is 1.68 bits per heavy atom. The number of hydrogen-bond acceptors (Lipinski definition) is 4. The highest BCUT2D eigenvalue weighted by molar-refractivity contribution is 5.78. The maximum absolute atomic E-state index is 13.2. The van der Waals surface area contributed by atoms with Crippen LogP contribution < -0.4 is 0 Å². The Hall–Kier alpha value is -1.31. The summed E-state index contributed by atoms with van der Waals surface area (Å²) in [7, 11) is 0.146. The van der Waals surface area contributed by atoms with Crippen LogP contribution in [0.15, 0.2) is 0 Å². The van der Waals surface area contributed by atoms with Gasteiger partial charge in [-0.15, -0.1) is 0 Å². The Morgan fingerprint density at radius 2 is 1.32 bits per heavy atom. The maximum atomic E-state index is 13.2. The number of alkyl halides is 10.